The largest absolute Gasteiger partial charge is 0.469 e. The van der Waals surface area contributed by atoms with Gasteiger partial charge in [0.2, 0.25) is 0 Å². The Morgan fingerprint density at radius 1 is 1.40 bits per heavy atom. The zero-order chi connectivity index (χ0) is 14.1. The minimum atomic E-state index is -0.273. The first-order valence-corrected chi connectivity index (χ1v) is 6.91. The summed E-state index contributed by atoms with van der Waals surface area (Å²) in [5, 5.41) is -0.234. The van der Waals surface area contributed by atoms with Crippen molar-refractivity contribution in [2.75, 3.05) is 0 Å². The molecule has 0 N–H and O–H groups in total. The summed E-state index contributed by atoms with van der Waals surface area (Å²) in [5.41, 5.74) is 1.52. The van der Waals surface area contributed by atoms with E-state index in [1.165, 1.54) is 12.1 Å². The van der Waals surface area contributed by atoms with Crippen molar-refractivity contribution >= 4 is 22.6 Å². The minimum absolute atomic E-state index is 0.234. The maximum atomic E-state index is 13.4. The molecule has 0 saturated heterocycles. The van der Waals surface area contributed by atoms with Crippen molar-refractivity contribution in [3.05, 3.63) is 54.0 Å². The summed E-state index contributed by atoms with van der Waals surface area (Å²) in [6.45, 7) is 2.52. The molecule has 0 radical (unpaired) electrons. The molecular weight excluding hydrogens is 279 g/mol. The van der Waals surface area contributed by atoms with Gasteiger partial charge in [0, 0.05) is 13.0 Å². The summed E-state index contributed by atoms with van der Waals surface area (Å²) < 4.78 is 20.7. The van der Waals surface area contributed by atoms with Gasteiger partial charge in [0.25, 0.3) is 0 Å². The van der Waals surface area contributed by atoms with Crippen LogP contribution in [0.25, 0.3) is 11.0 Å². The van der Waals surface area contributed by atoms with Crippen LogP contribution in [0.3, 0.4) is 0 Å². The second-order valence-corrected chi connectivity index (χ2v) is 5.35. The number of alkyl halides is 1. The topological polar surface area (TPSA) is 31.0 Å². The molecule has 0 aliphatic rings. The highest BCUT2D eigenvalue weighted by Gasteiger charge is 2.15. The molecule has 0 spiro atoms. The molecule has 0 saturated carbocycles. The smallest absolute Gasteiger partial charge is 0.127 e. The number of halogens is 2. The number of fused-ring (bicyclic) bond motifs is 1. The average Bonchev–Trinajstić information content (AvgIpc) is 3.03. The molecule has 3 aromatic rings. The average molecular weight is 293 g/mol. The summed E-state index contributed by atoms with van der Waals surface area (Å²) in [7, 11) is 0. The number of aryl methyl sites for hydroxylation is 2. The zero-order valence-electron chi connectivity index (χ0n) is 11.0. The van der Waals surface area contributed by atoms with Crippen LogP contribution < -0.4 is 0 Å². The van der Waals surface area contributed by atoms with Crippen LogP contribution >= 0.6 is 11.6 Å². The van der Waals surface area contributed by atoms with E-state index < -0.39 is 0 Å². The molecule has 5 heteroatoms. The standard InChI is InChI=1S/C15H14ClFN2O/c1-10(16)15-18-13-5-4-11(17)9-14(13)19(15)7-6-12-3-2-8-20-12/h2-5,8-10H,6-7H2,1H3. The highest BCUT2D eigenvalue weighted by atomic mass is 35.5. The zero-order valence-corrected chi connectivity index (χ0v) is 11.8. The lowest BCUT2D eigenvalue weighted by molar-refractivity contribution is 0.490. The Bertz CT molecular complexity index is 719. The molecule has 2 aromatic heterocycles. The monoisotopic (exact) mass is 292 g/mol. The number of hydrogen-bond acceptors (Lipinski definition) is 2. The molecule has 1 atom stereocenters. The van der Waals surface area contributed by atoms with Gasteiger partial charge < -0.3 is 8.98 Å². The van der Waals surface area contributed by atoms with Crippen molar-refractivity contribution in [2.45, 2.75) is 25.3 Å². The van der Waals surface area contributed by atoms with Crippen LogP contribution in [0.5, 0.6) is 0 Å². The van der Waals surface area contributed by atoms with Gasteiger partial charge in [-0.2, -0.15) is 0 Å². The second-order valence-electron chi connectivity index (χ2n) is 4.70. The Balaban J connectivity index is 2.01. The highest BCUT2D eigenvalue weighted by molar-refractivity contribution is 6.20. The van der Waals surface area contributed by atoms with Gasteiger partial charge in [-0.1, -0.05) is 0 Å². The number of imidazole rings is 1. The summed E-state index contributed by atoms with van der Waals surface area (Å²) >= 11 is 6.18. The number of benzene rings is 1. The lowest BCUT2D eigenvalue weighted by atomic mass is 10.3. The summed E-state index contributed by atoms with van der Waals surface area (Å²) in [6.07, 6.45) is 2.36. The number of hydrogen-bond donors (Lipinski definition) is 0. The molecule has 0 bridgehead atoms. The number of furan rings is 1. The quantitative estimate of drug-likeness (QED) is 0.671. The van der Waals surface area contributed by atoms with Crippen LogP contribution in [0.15, 0.2) is 41.0 Å². The fourth-order valence-electron chi connectivity index (χ4n) is 2.33. The van der Waals surface area contributed by atoms with Gasteiger partial charge in [-0.3, -0.25) is 0 Å². The molecule has 0 amide bonds. The molecular formula is C15H14ClFN2O. The summed E-state index contributed by atoms with van der Waals surface area (Å²) in [6, 6.07) is 8.36. The van der Waals surface area contributed by atoms with Crippen LogP contribution in [0.4, 0.5) is 4.39 Å². The van der Waals surface area contributed by atoms with Gasteiger partial charge in [-0.25, -0.2) is 9.37 Å². The Morgan fingerprint density at radius 2 is 2.25 bits per heavy atom. The fraction of sp³-hybridized carbons (Fsp3) is 0.267. The van der Waals surface area contributed by atoms with E-state index in [4.69, 9.17) is 16.0 Å². The van der Waals surface area contributed by atoms with E-state index in [1.807, 2.05) is 23.6 Å². The van der Waals surface area contributed by atoms with E-state index in [1.54, 1.807) is 12.3 Å². The first kappa shape index (κ1) is 13.2. The van der Waals surface area contributed by atoms with Crippen molar-refractivity contribution < 1.29 is 8.81 Å². The van der Waals surface area contributed by atoms with E-state index in [0.717, 1.165) is 22.6 Å². The Morgan fingerprint density at radius 3 is 2.95 bits per heavy atom. The van der Waals surface area contributed by atoms with Gasteiger partial charge in [0.1, 0.15) is 17.4 Å². The van der Waals surface area contributed by atoms with E-state index in [9.17, 15) is 4.39 Å². The maximum Gasteiger partial charge on any atom is 0.127 e. The normalized spacial score (nSPS) is 12.9. The van der Waals surface area contributed by atoms with Crippen LogP contribution in [0, 0.1) is 5.82 Å². The summed E-state index contributed by atoms with van der Waals surface area (Å²) in [4.78, 5) is 4.49. The second kappa shape index (κ2) is 5.29. The lowest BCUT2D eigenvalue weighted by Crippen LogP contribution is -2.06. The number of nitrogens with zero attached hydrogens (tertiary/aromatic N) is 2. The first-order valence-electron chi connectivity index (χ1n) is 6.47. The first-order chi connectivity index (χ1) is 9.65. The van der Waals surface area contributed by atoms with E-state index in [-0.39, 0.29) is 11.2 Å². The Kier molecular flexibility index (Phi) is 3.49. The lowest BCUT2D eigenvalue weighted by Gasteiger charge is -2.09. The maximum absolute atomic E-state index is 13.4. The third-order valence-electron chi connectivity index (χ3n) is 3.26. The van der Waals surface area contributed by atoms with Crippen LogP contribution in [0.1, 0.15) is 23.9 Å². The Hall–Kier alpha value is -1.81. The van der Waals surface area contributed by atoms with Gasteiger partial charge >= 0.3 is 0 Å². The molecule has 20 heavy (non-hydrogen) atoms. The van der Waals surface area contributed by atoms with Gasteiger partial charge in [-0.15, -0.1) is 11.6 Å². The molecule has 0 aliphatic heterocycles. The molecule has 3 rings (SSSR count). The van der Waals surface area contributed by atoms with Crippen molar-refractivity contribution in [1.29, 1.82) is 0 Å². The summed E-state index contributed by atoms with van der Waals surface area (Å²) in [5.74, 6) is 1.36. The van der Waals surface area contributed by atoms with E-state index >= 15 is 0 Å². The predicted molar refractivity (Wildman–Crippen MR) is 76.4 cm³/mol. The number of aromatic nitrogens is 2. The highest BCUT2D eigenvalue weighted by Crippen LogP contribution is 2.25. The molecule has 104 valence electrons. The van der Waals surface area contributed by atoms with E-state index in [2.05, 4.69) is 4.98 Å². The van der Waals surface area contributed by atoms with Gasteiger partial charge in [0.15, 0.2) is 0 Å². The molecule has 0 aliphatic carbocycles. The van der Waals surface area contributed by atoms with Crippen molar-refractivity contribution in [3.63, 3.8) is 0 Å². The number of rotatable bonds is 4. The molecule has 1 aromatic carbocycles. The molecule has 0 fully saturated rings. The molecule has 2 heterocycles. The SMILES string of the molecule is CC(Cl)c1nc2ccc(F)cc2n1CCc1ccco1. The van der Waals surface area contributed by atoms with Gasteiger partial charge in [-0.05, 0) is 37.3 Å². The van der Waals surface area contributed by atoms with E-state index in [0.29, 0.717) is 13.0 Å². The molecule has 1 unspecified atom stereocenters. The van der Waals surface area contributed by atoms with Crippen LogP contribution in [0.2, 0.25) is 0 Å². The van der Waals surface area contributed by atoms with Crippen molar-refractivity contribution in [1.82, 2.24) is 9.55 Å². The van der Waals surface area contributed by atoms with Crippen molar-refractivity contribution in [3.8, 4) is 0 Å². The fourth-order valence-corrected chi connectivity index (χ4v) is 2.50. The third kappa shape index (κ3) is 2.43. The van der Waals surface area contributed by atoms with Gasteiger partial charge in [0.05, 0.1) is 22.7 Å². The van der Waals surface area contributed by atoms with Crippen molar-refractivity contribution in [2.24, 2.45) is 0 Å². The Labute approximate surface area is 121 Å². The minimum Gasteiger partial charge on any atom is -0.469 e. The third-order valence-corrected chi connectivity index (χ3v) is 3.45. The predicted octanol–water partition coefficient (Wildman–Crippen LogP) is 4.31. The van der Waals surface area contributed by atoms with Crippen LogP contribution in [-0.2, 0) is 13.0 Å². The van der Waals surface area contributed by atoms with Crippen LogP contribution in [-0.4, -0.2) is 9.55 Å². The molecule has 3 nitrogen and oxygen atoms in total.